The SMILES string of the molecule is N#Cc1ccc([C@H](O)C2(F)CCN(C(=O)c3cccnc3-c3ccncn3)CC2)c(F)c1. The number of likely N-dealkylation sites (tertiary alicyclic amines) is 1. The van der Waals surface area contributed by atoms with Crippen molar-refractivity contribution in [1.29, 1.82) is 5.26 Å². The van der Waals surface area contributed by atoms with E-state index in [1.54, 1.807) is 36.7 Å². The van der Waals surface area contributed by atoms with E-state index in [-0.39, 0.29) is 43.0 Å². The first-order valence-corrected chi connectivity index (χ1v) is 10.00. The molecule has 4 rings (SSSR count). The van der Waals surface area contributed by atoms with Gasteiger partial charge in [0.15, 0.2) is 0 Å². The molecule has 0 unspecified atom stereocenters. The zero-order chi connectivity index (χ0) is 22.7. The van der Waals surface area contributed by atoms with Crippen LogP contribution in [-0.2, 0) is 0 Å². The number of halogens is 2. The van der Waals surface area contributed by atoms with Gasteiger partial charge in [0.25, 0.3) is 5.91 Å². The van der Waals surface area contributed by atoms with Crippen molar-refractivity contribution in [2.45, 2.75) is 24.6 Å². The number of aliphatic hydroxyl groups excluding tert-OH is 1. The Hall–Kier alpha value is -3.77. The third-order valence-corrected chi connectivity index (χ3v) is 5.66. The molecule has 1 aliphatic rings. The fourth-order valence-corrected chi connectivity index (χ4v) is 3.84. The first-order chi connectivity index (χ1) is 15.4. The molecule has 1 aliphatic heterocycles. The summed E-state index contributed by atoms with van der Waals surface area (Å²) in [6.45, 7) is 0.0881. The van der Waals surface area contributed by atoms with Crippen LogP contribution in [0.1, 0.15) is 40.4 Å². The van der Waals surface area contributed by atoms with Gasteiger partial charge in [-0.2, -0.15) is 5.26 Å². The summed E-state index contributed by atoms with van der Waals surface area (Å²) in [7, 11) is 0. The Kier molecular flexibility index (Phi) is 5.88. The molecule has 9 heteroatoms. The number of hydrogen-bond acceptors (Lipinski definition) is 6. The van der Waals surface area contributed by atoms with Crippen LogP contribution in [0.15, 0.2) is 55.1 Å². The Morgan fingerprint density at radius 2 is 1.97 bits per heavy atom. The van der Waals surface area contributed by atoms with Crippen LogP contribution in [-0.4, -0.2) is 49.6 Å². The number of nitrogens with zero attached hydrogens (tertiary/aromatic N) is 5. The second-order valence-electron chi connectivity index (χ2n) is 7.57. The molecule has 0 bridgehead atoms. The lowest BCUT2D eigenvalue weighted by molar-refractivity contribution is -0.0496. The number of carbonyl (C=O) groups excluding carboxylic acids is 1. The minimum absolute atomic E-state index is 0.0440. The Labute approximate surface area is 183 Å². The maximum Gasteiger partial charge on any atom is 0.256 e. The molecule has 1 amide bonds. The predicted octanol–water partition coefficient (Wildman–Crippen LogP) is 3.23. The predicted molar refractivity (Wildman–Crippen MR) is 110 cm³/mol. The maximum absolute atomic E-state index is 15.5. The summed E-state index contributed by atoms with van der Waals surface area (Å²) in [6.07, 6.45) is 2.43. The fourth-order valence-electron chi connectivity index (χ4n) is 3.84. The third-order valence-electron chi connectivity index (χ3n) is 5.66. The van der Waals surface area contributed by atoms with Gasteiger partial charge < -0.3 is 10.0 Å². The quantitative estimate of drug-likeness (QED) is 0.675. The highest BCUT2D eigenvalue weighted by molar-refractivity contribution is 5.99. The number of aromatic nitrogens is 3. The molecule has 0 radical (unpaired) electrons. The zero-order valence-electron chi connectivity index (χ0n) is 16.9. The largest absolute Gasteiger partial charge is 0.385 e. The van der Waals surface area contributed by atoms with Crippen LogP contribution in [0.25, 0.3) is 11.4 Å². The molecule has 0 saturated carbocycles. The average Bonchev–Trinajstić information content (AvgIpc) is 2.84. The number of pyridine rings is 1. The second kappa shape index (κ2) is 8.77. The molecule has 1 saturated heterocycles. The molecule has 1 fully saturated rings. The highest BCUT2D eigenvalue weighted by Crippen LogP contribution is 2.40. The van der Waals surface area contributed by atoms with E-state index < -0.39 is 17.6 Å². The van der Waals surface area contributed by atoms with Gasteiger partial charge in [-0.25, -0.2) is 18.7 Å². The summed E-state index contributed by atoms with van der Waals surface area (Å²) < 4.78 is 29.8. The minimum Gasteiger partial charge on any atom is -0.385 e. The van der Waals surface area contributed by atoms with Crippen molar-refractivity contribution in [2.75, 3.05) is 13.1 Å². The maximum atomic E-state index is 15.5. The molecule has 32 heavy (non-hydrogen) atoms. The molecule has 2 aromatic heterocycles. The van der Waals surface area contributed by atoms with E-state index in [1.807, 2.05) is 0 Å². The highest BCUT2D eigenvalue weighted by atomic mass is 19.1. The lowest BCUT2D eigenvalue weighted by Gasteiger charge is -2.39. The Morgan fingerprint density at radius 3 is 2.62 bits per heavy atom. The summed E-state index contributed by atoms with van der Waals surface area (Å²) >= 11 is 0. The van der Waals surface area contributed by atoms with Crippen LogP contribution < -0.4 is 0 Å². The molecule has 3 heterocycles. The number of alkyl halides is 1. The summed E-state index contributed by atoms with van der Waals surface area (Å²) in [5, 5.41) is 19.4. The molecular formula is C23H19F2N5O2. The summed E-state index contributed by atoms with van der Waals surface area (Å²) in [5.74, 6) is -1.16. The van der Waals surface area contributed by atoms with E-state index in [2.05, 4.69) is 15.0 Å². The molecule has 3 aromatic rings. The lowest BCUT2D eigenvalue weighted by atomic mass is 9.83. The van der Waals surface area contributed by atoms with Gasteiger partial charge in [-0.1, -0.05) is 6.07 Å². The molecular weight excluding hydrogens is 416 g/mol. The van der Waals surface area contributed by atoms with Crippen molar-refractivity contribution >= 4 is 5.91 Å². The molecule has 7 nitrogen and oxygen atoms in total. The van der Waals surface area contributed by atoms with Gasteiger partial charge in [-0.05, 0) is 30.3 Å². The van der Waals surface area contributed by atoms with Crippen LogP contribution in [0.3, 0.4) is 0 Å². The van der Waals surface area contributed by atoms with Gasteiger partial charge in [-0.15, -0.1) is 0 Å². The molecule has 1 atom stereocenters. The topological polar surface area (TPSA) is 103 Å². The van der Waals surface area contributed by atoms with Crippen LogP contribution >= 0.6 is 0 Å². The van der Waals surface area contributed by atoms with Crippen molar-refractivity contribution in [3.8, 4) is 17.5 Å². The Bertz CT molecular complexity index is 1170. The first-order valence-electron chi connectivity index (χ1n) is 10.00. The first kappa shape index (κ1) is 21.5. The van der Waals surface area contributed by atoms with Crippen molar-refractivity contribution < 1.29 is 18.7 Å². The van der Waals surface area contributed by atoms with Crippen LogP contribution in [0, 0.1) is 17.1 Å². The van der Waals surface area contributed by atoms with E-state index in [1.165, 1.54) is 23.4 Å². The lowest BCUT2D eigenvalue weighted by Crippen LogP contribution is -2.47. The molecule has 1 N–H and O–H groups in total. The monoisotopic (exact) mass is 435 g/mol. The van der Waals surface area contributed by atoms with Crippen molar-refractivity contribution in [2.24, 2.45) is 0 Å². The second-order valence-corrected chi connectivity index (χ2v) is 7.57. The van der Waals surface area contributed by atoms with Crippen molar-refractivity contribution in [3.05, 3.63) is 77.6 Å². The minimum atomic E-state index is -2.10. The van der Waals surface area contributed by atoms with E-state index >= 15 is 4.39 Å². The van der Waals surface area contributed by atoms with Gasteiger partial charge in [-0.3, -0.25) is 9.78 Å². The molecule has 0 aliphatic carbocycles. The number of rotatable bonds is 4. The normalized spacial score (nSPS) is 16.2. The van der Waals surface area contributed by atoms with E-state index in [0.29, 0.717) is 17.0 Å². The van der Waals surface area contributed by atoms with Crippen LogP contribution in [0.4, 0.5) is 8.78 Å². The van der Waals surface area contributed by atoms with Gasteiger partial charge >= 0.3 is 0 Å². The fraction of sp³-hybridized carbons (Fsp3) is 0.261. The zero-order valence-corrected chi connectivity index (χ0v) is 16.9. The number of hydrogen-bond donors (Lipinski definition) is 1. The highest BCUT2D eigenvalue weighted by Gasteiger charge is 2.44. The summed E-state index contributed by atoms with van der Waals surface area (Å²) in [5.41, 5.74) is -0.997. The van der Waals surface area contributed by atoms with Crippen LogP contribution in [0.5, 0.6) is 0 Å². The number of aliphatic hydroxyl groups is 1. The summed E-state index contributed by atoms with van der Waals surface area (Å²) in [6, 6.07) is 10.2. The number of benzene rings is 1. The Balaban J connectivity index is 1.51. The van der Waals surface area contributed by atoms with E-state index in [4.69, 9.17) is 5.26 Å². The van der Waals surface area contributed by atoms with Gasteiger partial charge in [0.1, 0.15) is 29.6 Å². The molecule has 1 aromatic carbocycles. The van der Waals surface area contributed by atoms with Gasteiger partial charge in [0.2, 0.25) is 0 Å². The van der Waals surface area contributed by atoms with E-state index in [9.17, 15) is 14.3 Å². The van der Waals surface area contributed by atoms with Crippen LogP contribution in [0.2, 0.25) is 0 Å². The number of piperidine rings is 1. The number of carbonyl (C=O) groups is 1. The molecule has 162 valence electrons. The number of nitriles is 1. The van der Waals surface area contributed by atoms with Gasteiger partial charge in [0.05, 0.1) is 22.9 Å². The number of amides is 1. The smallest absolute Gasteiger partial charge is 0.256 e. The van der Waals surface area contributed by atoms with Crippen molar-refractivity contribution in [1.82, 2.24) is 19.9 Å². The summed E-state index contributed by atoms with van der Waals surface area (Å²) in [4.78, 5) is 26.9. The Morgan fingerprint density at radius 1 is 1.19 bits per heavy atom. The average molecular weight is 435 g/mol. The standard InChI is InChI=1S/C23H19F2N5O2/c24-18-12-15(13-26)3-4-16(18)21(31)23(25)6-10-30(11-7-23)22(32)17-2-1-8-28-20(17)19-5-9-27-14-29-19/h1-5,8-9,12,14,21,31H,6-7,10-11H2/t21-/m0/s1. The van der Waals surface area contributed by atoms with E-state index in [0.717, 1.165) is 6.07 Å². The van der Waals surface area contributed by atoms with Crippen molar-refractivity contribution in [3.63, 3.8) is 0 Å². The molecule has 0 spiro atoms. The third kappa shape index (κ3) is 4.05. The van der Waals surface area contributed by atoms with Gasteiger partial charge in [0, 0.05) is 43.9 Å².